The second kappa shape index (κ2) is 6.20. The van der Waals surface area contributed by atoms with E-state index in [0.29, 0.717) is 12.8 Å². The van der Waals surface area contributed by atoms with Crippen molar-refractivity contribution in [2.75, 3.05) is 19.7 Å². The highest BCUT2D eigenvalue weighted by atomic mass is 35.5. The Morgan fingerprint density at radius 3 is 2.52 bits per heavy atom. The first-order valence-electron chi connectivity index (χ1n) is 6.91. The zero-order valence-electron chi connectivity index (χ0n) is 11.8. The van der Waals surface area contributed by atoms with E-state index in [9.17, 15) is 17.9 Å². The summed E-state index contributed by atoms with van der Waals surface area (Å²) in [7, 11) is -3.89. The number of piperidine rings is 1. The maximum Gasteiger partial charge on any atom is 0.246 e. The number of halogens is 2. The molecule has 0 atom stereocenters. The van der Waals surface area contributed by atoms with E-state index in [-0.39, 0.29) is 35.0 Å². The predicted octanol–water partition coefficient (Wildman–Crippen LogP) is 2.65. The molecule has 1 aliphatic rings. The standard InChI is InChI=1S/C14H19ClFNO3S/c1-2-14(10-18)6-8-17(9-7-14)21(19,20)12-5-3-4-11(15)13(12)16/h3-5,18H,2,6-10H2,1H3. The van der Waals surface area contributed by atoms with E-state index in [1.165, 1.54) is 22.5 Å². The first kappa shape index (κ1) is 16.7. The van der Waals surface area contributed by atoms with E-state index in [2.05, 4.69) is 0 Å². The Hall–Kier alpha value is -0.690. The molecule has 1 heterocycles. The minimum Gasteiger partial charge on any atom is -0.396 e. The largest absolute Gasteiger partial charge is 0.396 e. The van der Waals surface area contributed by atoms with E-state index in [1.807, 2.05) is 6.92 Å². The zero-order valence-corrected chi connectivity index (χ0v) is 13.4. The molecule has 1 aromatic rings. The van der Waals surface area contributed by atoms with Gasteiger partial charge >= 0.3 is 0 Å². The minimum absolute atomic E-state index is 0.0446. The lowest BCUT2D eigenvalue weighted by molar-refractivity contribution is 0.0647. The summed E-state index contributed by atoms with van der Waals surface area (Å²) in [6.45, 7) is 2.59. The number of hydrogen-bond acceptors (Lipinski definition) is 3. The van der Waals surface area contributed by atoms with Crippen LogP contribution in [0.15, 0.2) is 23.1 Å². The molecular formula is C14H19ClFNO3S. The predicted molar refractivity (Wildman–Crippen MR) is 79.2 cm³/mol. The highest BCUT2D eigenvalue weighted by molar-refractivity contribution is 7.89. The maximum absolute atomic E-state index is 14.0. The summed E-state index contributed by atoms with van der Waals surface area (Å²) < 4.78 is 40.3. The average Bonchev–Trinajstić information content (AvgIpc) is 2.50. The van der Waals surface area contributed by atoms with Crippen molar-refractivity contribution in [2.45, 2.75) is 31.1 Å². The lowest BCUT2D eigenvalue weighted by atomic mass is 9.77. The van der Waals surface area contributed by atoms with Crippen LogP contribution in [0.3, 0.4) is 0 Å². The van der Waals surface area contributed by atoms with Crippen LogP contribution in [0.25, 0.3) is 0 Å². The highest BCUT2D eigenvalue weighted by Crippen LogP contribution is 2.36. The number of aliphatic hydroxyl groups is 1. The topological polar surface area (TPSA) is 57.6 Å². The molecule has 1 aromatic carbocycles. The summed E-state index contributed by atoms with van der Waals surface area (Å²) in [5.74, 6) is -0.909. The van der Waals surface area contributed by atoms with Crippen molar-refractivity contribution >= 4 is 21.6 Å². The van der Waals surface area contributed by atoms with E-state index in [0.717, 1.165) is 6.42 Å². The molecule has 118 valence electrons. The first-order valence-corrected chi connectivity index (χ1v) is 8.73. The molecule has 1 aliphatic heterocycles. The lowest BCUT2D eigenvalue weighted by Crippen LogP contribution is -2.44. The van der Waals surface area contributed by atoms with Crippen LogP contribution in [-0.2, 0) is 10.0 Å². The maximum atomic E-state index is 14.0. The summed E-state index contributed by atoms with van der Waals surface area (Å²) >= 11 is 5.66. The average molecular weight is 336 g/mol. The van der Waals surface area contributed by atoms with Crippen LogP contribution in [0, 0.1) is 11.2 Å². The van der Waals surface area contributed by atoms with Crippen molar-refractivity contribution in [1.29, 1.82) is 0 Å². The molecule has 2 rings (SSSR count). The Morgan fingerprint density at radius 1 is 1.38 bits per heavy atom. The van der Waals surface area contributed by atoms with Gasteiger partial charge in [0.1, 0.15) is 4.90 Å². The normalized spacial score (nSPS) is 19.6. The Labute approximate surface area is 129 Å². The molecule has 0 unspecified atom stereocenters. The first-order chi connectivity index (χ1) is 9.86. The third-order valence-corrected chi connectivity index (χ3v) is 6.61. The van der Waals surface area contributed by atoms with Crippen LogP contribution >= 0.6 is 11.6 Å². The van der Waals surface area contributed by atoms with E-state index < -0.39 is 15.8 Å². The lowest BCUT2D eigenvalue weighted by Gasteiger charge is -2.39. The summed E-state index contributed by atoms with van der Waals surface area (Å²) in [5.41, 5.74) is -0.223. The Morgan fingerprint density at radius 2 is 2.00 bits per heavy atom. The monoisotopic (exact) mass is 335 g/mol. The molecule has 0 bridgehead atoms. The van der Waals surface area contributed by atoms with Crippen molar-refractivity contribution in [3.8, 4) is 0 Å². The quantitative estimate of drug-likeness (QED) is 0.920. The SMILES string of the molecule is CCC1(CO)CCN(S(=O)(=O)c2cccc(Cl)c2F)CC1. The number of rotatable bonds is 4. The van der Waals surface area contributed by atoms with Gasteiger partial charge in [0.25, 0.3) is 0 Å². The van der Waals surface area contributed by atoms with Gasteiger partial charge in [-0.05, 0) is 36.8 Å². The van der Waals surface area contributed by atoms with Gasteiger partial charge in [-0.15, -0.1) is 0 Å². The van der Waals surface area contributed by atoms with Gasteiger partial charge < -0.3 is 5.11 Å². The Balaban J connectivity index is 2.25. The molecule has 0 aliphatic carbocycles. The van der Waals surface area contributed by atoms with Gasteiger partial charge in [-0.1, -0.05) is 24.6 Å². The summed E-state index contributed by atoms with van der Waals surface area (Å²) in [5, 5.41) is 9.28. The number of aliphatic hydroxyl groups excluding tert-OH is 1. The van der Waals surface area contributed by atoms with Crippen molar-refractivity contribution < 1.29 is 17.9 Å². The molecule has 0 aromatic heterocycles. The Bertz CT molecular complexity index is 607. The van der Waals surface area contributed by atoms with Crippen LogP contribution in [0.2, 0.25) is 5.02 Å². The van der Waals surface area contributed by atoms with Crippen LogP contribution in [0.1, 0.15) is 26.2 Å². The zero-order chi connectivity index (χ0) is 15.7. The van der Waals surface area contributed by atoms with Gasteiger partial charge in [-0.25, -0.2) is 12.8 Å². The molecule has 21 heavy (non-hydrogen) atoms. The molecule has 0 amide bonds. The third kappa shape index (κ3) is 3.08. The number of nitrogens with zero attached hydrogens (tertiary/aromatic N) is 1. The van der Waals surface area contributed by atoms with Gasteiger partial charge in [0, 0.05) is 19.7 Å². The summed E-state index contributed by atoms with van der Waals surface area (Å²) in [6.07, 6.45) is 1.94. The second-order valence-electron chi connectivity index (χ2n) is 5.47. The molecule has 0 saturated carbocycles. The van der Waals surface area contributed by atoms with Crippen molar-refractivity contribution in [2.24, 2.45) is 5.41 Å². The fourth-order valence-corrected chi connectivity index (χ4v) is 4.41. The van der Waals surface area contributed by atoms with Gasteiger partial charge in [-0.3, -0.25) is 0 Å². The highest BCUT2D eigenvalue weighted by Gasteiger charge is 2.38. The van der Waals surface area contributed by atoms with Gasteiger partial charge in [0.2, 0.25) is 10.0 Å². The molecular weight excluding hydrogens is 317 g/mol. The molecule has 1 N–H and O–H groups in total. The van der Waals surface area contributed by atoms with Crippen LogP contribution < -0.4 is 0 Å². The molecule has 7 heteroatoms. The van der Waals surface area contributed by atoms with E-state index in [1.54, 1.807) is 0 Å². The van der Waals surface area contributed by atoms with Crippen molar-refractivity contribution in [3.63, 3.8) is 0 Å². The van der Waals surface area contributed by atoms with Gasteiger partial charge in [0.15, 0.2) is 5.82 Å². The Kier molecular flexibility index (Phi) is 4.92. The van der Waals surface area contributed by atoms with Crippen LogP contribution in [0.4, 0.5) is 4.39 Å². The van der Waals surface area contributed by atoms with Crippen molar-refractivity contribution in [1.82, 2.24) is 4.31 Å². The second-order valence-corrected chi connectivity index (χ2v) is 7.78. The molecule has 1 saturated heterocycles. The smallest absolute Gasteiger partial charge is 0.246 e. The van der Waals surface area contributed by atoms with E-state index >= 15 is 0 Å². The third-order valence-electron chi connectivity index (χ3n) is 4.40. The summed E-state index contributed by atoms with van der Waals surface area (Å²) in [4.78, 5) is -0.386. The molecule has 1 fully saturated rings. The van der Waals surface area contributed by atoms with Gasteiger partial charge in [-0.2, -0.15) is 4.31 Å². The fraction of sp³-hybridized carbons (Fsp3) is 0.571. The van der Waals surface area contributed by atoms with Gasteiger partial charge in [0.05, 0.1) is 5.02 Å². The minimum atomic E-state index is -3.89. The molecule has 0 radical (unpaired) electrons. The van der Waals surface area contributed by atoms with Crippen LogP contribution in [-0.4, -0.2) is 37.5 Å². The summed E-state index contributed by atoms with van der Waals surface area (Å²) in [6, 6.07) is 3.97. The fourth-order valence-electron chi connectivity index (χ4n) is 2.65. The molecule has 4 nitrogen and oxygen atoms in total. The number of sulfonamides is 1. The van der Waals surface area contributed by atoms with Crippen molar-refractivity contribution in [3.05, 3.63) is 29.0 Å². The van der Waals surface area contributed by atoms with E-state index in [4.69, 9.17) is 11.6 Å². The van der Waals surface area contributed by atoms with Crippen LogP contribution in [0.5, 0.6) is 0 Å². The molecule has 0 spiro atoms. The number of hydrogen-bond donors (Lipinski definition) is 1. The number of benzene rings is 1.